The van der Waals surface area contributed by atoms with Crippen molar-refractivity contribution in [1.82, 2.24) is 10.6 Å². The molecule has 0 aromatic heterocycles. The quantitative estimate of drug-likeness (QED) is 0.690. The molecule has 1 saturated heterocycles. The van der Waals surface area contributed by atoms with Crippen molar-refractivity contribution in [3.8, 4) is 0 Å². The zero-order chi connectivity index (χ0) is 9.80. The summed E-state index contributed by atoms with van der Waals surface area (Å²) in [5.74, 6) is 0. The Balaban J connectivity index is 1.82. The molecule has 3 nitrogen and oxygen atoms in total. The summed E-state index contributed by atoms with van der Waals surface area (Å²) in [4.78, 5) is 0. The molecule has 1 heterocycles. The van der Waals surface area contributed by atoms with Gasteiger partial charge in [0.05, 0.1) is 0 Å². The SMILES string of the molecule is Nc1ccc(CNC2CC[N]C2)cc1. The molecule has 0 amide bonds. The van der Waals surface area contributed by atoms with E-state index in [1.54, 1.807) is 0 Å². The number of hydrogen-bond donors (Lipinski definition) is 2. The van der Waals surface area contributed by atoms with E-state index in [1.807, 2.05) is 12.1 Å². The molecule has 1 fully saturated rings. The number of nitrogen functional groups attached to an aromatic ring is 1. The van der Waals surface area contributed by atoms with E-state index < -0.39 is 0 Å². The van der Waals surface area contributed by atoms with Gasteiger partial charge in [0.25, 0.3) is 0 Å². The number of hydrogen-bond acceptors (Lipinski definition) is 2. The highest BCUT2D eigenvalue weighted by molar-refractivity contribution is 5.39. The molecule has 3 heteroatoms. The van der Waals surface area contributed by atoms with E-state index in [-0.39, 0.29) is 0 Å². The summed E-state index contributed by atoms with van der Waals surface area (Å²) in [6.07, 6.45) is 1.18. The monoisotopic (exact) mass is 190 g/mol. The van der Waals surface area contributed by atoms with Crippen LogP contribution in [0.15, 0.2) is 24.3 Å². The van der Waals surface area contributed by atoms with Crippen molar-refractivity contribution < 1.29 is 0 Å². The van der Waals surface area contributed by atoms with E-state index in [0.717, 1.165) is 25.3 Å². The van der Waals surface area contributed by atoms with Gasteiger partial charge in [0.1, 0.15) is 0 Å². The molecule has 1 aromatic rings. The molecular formula is C11H16N3. The van der Waals surface area contributed by atoms with Crippen LogP contribution in [0.25, 0.3) is 0 Å². The van der Waals surface area contributed by atoms with E-state index in [2.05, 4.69) is 22.8 Å². The normalized spacial score (nSPS) is 21.3. The summed E-state index contributed by atoms with van der Waals surface area (Å²) in [6.45, 7) is 2.90. The van der Waals surface area contributed by atoms with Crippen molar-refractivity contribution in [2.45, 2.75) is 19.0 Å². The highest BCUT2D eigenvalue weighted by atomic mass is 15.0. The average Bonchev–Trinajstić information content (AvgIpc) is 2.70. The zero-order valence-electron chi connectivity index (χ0n) is 8.24. The molecule has 1 unspecified atom stereocenters. The fraction of sp³-hybridized carbons (Fsp3) is 0.455. The first-order chi connectivity index (χ1) is 6.84. The Morgan fingerprint density at radius 2 is 2.14 bits per heavy atom. The van der Waals surface area contributed by atoms with E-state index in [4.69, 9.17) is 5.73 Å². The van der Waals surface area contributed by atoms with Crippen LogP contribution in [0.3, 0.4) is 0 Å². The van der Waals surface area contributed by atoms with Crippen LogP contribution in [-0.4, -0.2) is 19.1 Å². The minimum Gasteiger partial charge on any atom is -0.399 e. The Morgan fingerprint density at radius 1 is 1.36 bits per heavy atom. The highest BCUT2D eigenvalue weighted by Gasteiger charge is 2.13. The lowest BCUT2D eigenvalue weighted by Crippen LogP contribution is -2.29. The Hall–Kier alpha value is -1.06. The third-order valence-electron chi connectivity index (χ3n) is 2.56. The first-order valence-corrected chi connectivity index (χ1v) is 5.05. The number of rotatable bonds is 3. The topological polar surface area (TPSA) is 52.1 Å². The predicted octanol–water partition coefficient (Wildman–Crippen LogP) is 0.735. The fourth-order valence-corrected chi connectivity index (χ4v) is 1.65. The maximum absolute atomic E-state index is 5.61. The van der Waals surface area contributed by atoms with Crippen LogP contribution in [0, 0.1) is 0 Å². The molecule has 0 saturated carbocycles. The minimum absolute atomic E-state index is 0.576. The molecule has 0 spiro atoms. The Kier molecular flexibility index (Phi) is 3.01. The van der Waals surface area contributed by atoms with Gasteiger partial charge in [-0.15, -0.1) is 0 Å². The van der Waals surface area contributed by atoms with Crippen LogP contribution in [-0.2, 0) is 6.54 Å². The summed E-state index contributed by atoms with van der Waals surface area (Å²) in [5, 5.41) is 7.79. The average molecular weight is 190 g/mol. The second-order valence-electron chi connectivity index (χ2n) is 3.74. The molecule has 1 aliphatic heterocycles. The molecule has 1 aliphatic rings. The molecule has 1 radical (unpaired) electrons. The third-order valence-corrected chi connectivity index (χ3v) is 2.56. The fourth-order valence-electron chi connectivity index (χ4n) is 1.65. The molecule has 0 bridgehead atoms. The van der Waals surface area contributed by atoms with Gasteiger partial charge in [-0.3, -0.25) is 0 Å². The Labute approximate surface area is 84.7 Å². The summed E-state index contributed by atoms with van der Waals surface area (Å²) in [5.41, 5.74) is 7.72. The van der Waals surface area contributed by atoms with E-state index >= 15 is 0 Å². The predicted molar refractivity (Wildman–Crippen MR) is 58.0 cm³/mol. The van der Waals surface area contributed by atoms with Crippen LogP contribution in [0.2, 0.25) is 0 Å². The first kappa shape index (κ1) is 9.49. The van der Waals surface area contributed by atoms with E-state index in [9.17, 15) is 0 Å². The number of benzene rings is 1. The summed E-state index contributed by atoms with van der Waals surface area (Å²) in [7, 11) is 0. The van der Waals surface area contributed by atoms with E-state index in [0.29, 0.717) is 6.04 Å². The van der Waals surface area contributed by atoms with Crippen molar-refractivity contribution >= 4 is 5.69 Å². The maximum atomic E-state index is 5.61. The highest BCUT2D eigenvalue weighted by Crippen LogP contribution is 2.06. The summed E-state index contributed by atoms with van der Waals surface area (Å²) in [6, 6.07) is 8.59. The Morgan fingerprint density at radius 3 is 2.79 bits per heavy atom. The third kappa shape index (κ3) is 2.47. The van der Waals surface area contributed by atoms with Gasteiger partial charge in [-0.2, -0.15) is 0 Å². The molecule has 14 heavy (non-hydrogen) atoms. The largest absolute Gasteiger partial charge is 0.399 e. The maximum Gasteiger partial charge on any atom is 0.0314 e. The molecular weight excluding hydrogens is 174 g/mol. The van der Waals surface area contributed by atoms with Crippen molar-refractivity contribution in [3.63, 3.8) is 0 Å². The molecule has 0 aliphatic carbocycles. The van der Waals surface area contributed by atoms with Gasteiger partial charge in [-0.1, -0.05) is 12.1 Å². The van der Waals surface area contributed by atoms with Gasteiger partial charge in [0.2, 0.25) is 0 Å². The molecule has 75 valence electrons. The van der Waals surface area contributed by atoms with Crippen LogP contribution in [0.1, 0.15) is 12.0 Å². The van der Waals surface area contributed by atoms with Crippen LogP contribution in [0.4, 0.5) is 5.69 Å². The lowest BCUT2D eigenvalue weighted by Gasteiger charge is -2.10. The Bertz CT molecular complexity index is 275. The first-order valence-electron chi connectivity index (χ1n) is 5.05. The zero-order valence-corrected chi connectivity index (χ0v) is 8.24. The number of nitrogens with one attached hydrogen (secondary N) is 1. The minimum atomic E-state index is 0.576. The lowest BCUT2D eigenvalue weighted by atomic mass is 10.2. The second-order valence-corrected chi connectivity index (χ2v) is 3.74. The molecule has 1 atom stereocenters. The lowest BCUT2D eigenvalue weighted by molar-refractivity contribution is 0.546. The number of nitrogens with zero attached hydrogens (tertiary/aromatic N) is 1. The van der Waals surface area contributed by atoms with Crippen molar-refractivity contribution in [2.24, 2.45) is 0 Å². The van der Waals surface area contributed by atoms with Crippen molar-refractivity contribution in [2.75, 3.05) is 18.8 Å². The van der Waals surface area contributed by atoms with Crippen molar-refractivity contribution in [3.05, 3.63) is 29.8 Å². The van der Waals surface area contributed by atoms with Gasteiger partial charge in [-0.25, -0.2) is 5.32 Å². The van der Waals surface area contributed by atoms with Gasteiger partial charge in [0, 0.05) is 31.4 Å². The van der Waals surface area contributed by atoms with Crippen LogP contribution >= 0.6 is 0 Å². The number of nitrogens with two attached hydrogens (primary N) is 1. The van der Waals surface area contributed by atoms with Gasteiger partial charge in [-0.05, 0) is 24.1 Å². The van der Waals surface area contributed by atoms with Gasteiger partial charge in [0.15, 0.2) is 0 Å². The van der Waals surface area contributed by atoms with Crippen molar-refractivity contribution in [1.29, 1.82) is 0 Å². The molecule has 1 aromatic carbocycles. The van der Waals surface area contributed by atoms with Gasteiger partial charge < -0.3 is 11.1 Å². The number of anilines is 1. The molecule has 2 rings (SSSR count). The standard InChI is InChI=1S/C11H16N3/c12-10-3-1-9(2-4-10)7-14-11-5-6-13-8-11/h1-4,11,14H,5-8,12H2. The summed E-state index contributed by atoms with van der Waals surface area (Å²) < 4.78 is 0. The second kappa shape index (κ2) is 4.44. The van der Waals surface area contributed by atoms with E-state index in [1.165, 1.54) is 12.0 Å². The van der Waals surface area contributed by atoms with Crippen LogP contribution in [0.5, 0.6) is 0 Å². The molecule has 3 N–H and O–H groups in total. The van der Waals surface area contributed by atoms with Crippen LogP contribution < -0.4 is 16.4 Å². The smallest absolute Gasteiger partial charge is 0.0314 e. The summed E-state index contributed by atoms with van der Waals surface area (Å²) >= 11 is 0. The van der Waals surface area contributed by atoms with Gasteiger partial charge >= 0.3 is 0 Å².